The van der Waals surface area contributed by atoms with Crippen molar-refractivity contribution in [3.05, 3.63) is 22.7 Å². The zero-order chi connectivity index (χ0) is 13.2. The van der Waals surface area contributed by atoms with E-state index in [0.717, 1.165) is 18.5 Å². The molecule has 1 aliphatic rings. The zero-order valence-corrected chi connectivity index (χ0v) is 11.6. The summed E-state index contributed by atoms with van der Waals surface area (Å²) in [6, 6.07) is 2.19. The van der Waals surface area contributed by atoms with Crippen LogP contribution in [0.2, 0.25) is 0 Å². The molecule has 0 aliphatic carbocycles. The highest BCUT2D eigenvalue weighted by atomic mass is 32.1. The fourth-order valence-electron chi connectivity index (χ4n) is 2.58. The lowest BCUT2D eigenvalue weighted by Crippen LogP contribution is -2.34. The van der Waals surface area contributed by atoms with E-state index in [1.54, 1.807) is 11.3 Å². The van der Waals surface area contributed by atoms with Crippen LogP contribution in [0.3, 0.4) is 0 Å². The number of nitrogens with zero attached hydrogens (tertiary/aromatic N) is 3. The monoisotopic (exact) mass is 279 g/mol. The van der Waals surface area contributed by atoms with Crippen LogP contribution in [0.1, 0.15) is 19.2 Å². The molecule has 0 bridgehead atoms. The van der Waals surface area contributed by atoms with E-state index in [0.29, 0.717) is 24.2 Å². The Morgan fingerprint density at radius 1 is 1.58 bits per heavy atom. The largest absolute Gasteiger partial charge is 0.395 e. The van der Waals surface area contributed by atoms with Crippen molar-refractivity contribution in [1.82, 2.24) is 15.0 Å². The molecule has 6 heteroatoms. The van der Waals surface area contributed by atoms with Crippen molar-refractivity contribution in [3.8, 4) is 11.4 Å². The fraction of sp³-hybridized carbons (Fsp3) is 0.538. The molecule has 0 amide bonds. The van der Waals surface area contributed by atoms with Gasteiger partial charge < -0.3 is 9.63 Å². The van der Waals surface area contributed by atoms with E-state index in [1.807, 2.05) is 16.8 Å². The number of thiophene rings is 1. The summed E-state index contributed by atoms with van der Waals surface area (Å²) in [5, 5.41) is 17.4. The number of aromatic nitrogens is 2. The standard InChI is InChI=1S/C13H17N3O2S/c1-9-2-4-16(11(9)7-17)6-12-14-13(15-18-12)10-3-5-19-8-10/h3,5,8-9,11,17H,2,4,6-7H2,1H3. The van der Waals surface area contributed by atoms with Crippen molar-refractivity contribution in [2.24, 2.45) is 5.92 Å². The highest BCUT2D eigenvalue weighted by molar-refractivity contribution is 7.08. The highest BCUT2D eigenvalue weighted by Crippen LogP contribution is 2.25. The molecule has 0 saturated carbocycles. The van der Waals surface area contributed by atoms with Gasteiger partial charge in [-0.15, -0.1) is 0 Å². The van der Waals surface area contributed by atoms with E-state index < -0.39 is 0 Å². The normalized spacial score (nSPS) is 24.1. The van der Waals surface area contributed by atoms with Crippen LogP contribution in [0.25, 0.3) is 11.4 Å². The number of aliphatic hydroxyl groups excluding tert-OH is 1. The number of rotatable bonds is 4. The maximum atomic E-state index is 9.43. The predicted octanol–water partition coefficient (Wildman–Crippen LogP) is 2.00. The van der Waals surface area contributed by atoms with Crippen molar-refractivity contribution in [2.75, 3.05) is 13.2 Å². The lowest BCUT2D eigenvalue weighted by Gasteiger charge is -2.23. The molecule has 1 saturated heterocycles. The van der Waals surface area contributed by atoms with Crippen molar-refractivity contribution in [3.63, 3.8) is 0 Å². The highest BCUT2D eigenvalue weighted by Gasteiger charge is 2.31. The first-order valence-corrected chi connectivity index (χ1v) is 7.42. The van der Waals surface area contributed by atoms with Gasteiger partial charge in [-0.25, -0.2) is 0 Å². The third kappa shape index (κ3) is 2.56. The summed E-state index contributed by atoms with van der Waals surface area (Å²) >= 11 is 1.62. The molecule has 5 nitrogen and oxygen atoms in total. The molecule has 2 atom stereocenters. The van der Waals surface area contributed by atoms with Gasteiger partial charge in [0.05, 0.1) is 13.2 Å². The summed E-state index contributed by atoms with van der Waals surface area (Å²) in [7, 11) is 0. The Hall–Kier alpha value is -1.24. The second-order valence-corrected chi connectivity index (χ2v) is 5.79. The van der Waals surface area contributed by atoms with Crippen molar-refractivity contribution in [2.45, 2.75) is 25.9 Å². The van der Waals surface area contributed by atoms with Gasteiger partial charge >= 0.3 is 0 Å². The maximum absolute atomic E-state index is 9.43. The van der Waals surface area contributed by atoms with Gasteiger partial charge in [0.15, 0.2) is 0 Å². The minimum Gasteiger partial charge on any atom is -0.395 e. The predicted molar refractivity (Wildman–Crippen MR) is 72.7 cm³/mol. The third-order valence-corrected chi connectivity index (χ3v) is 4.45. The van der Waals surface area contributed by atoms with Crippen LogP contribution in [0.15, 0.2) is 21.3 Å². The first-order valence-electron chi connectivity index (χ1n) is 6.48. The van der Waals surface area contributed by atoms with Crippen LogP contribution in [-0.2, 0) is 6.54 Å². The van der Waals surface area contributed by atoms with Gasteiger partial charge in [0.25, 0.3) is 0 Å². The molecule has 0 radical (unpaired) electrons. The average Bonchev–Trinajstić information content (AvgIpc) is 3.11. The number of likely N-dealkylation sites (tertiary alicyclic amines) is 1. The van der Waals surface area contributed by atoms with Gasteiger partial charge in [-0.1, -0.05) is 12.1 Å². The first-order chi connectivity index (χ1) is 9.28. The smallest absolute Gasteiger partial charge is 0.241 e. The van der Waals surface area contributed by atoms with Crippen LogP contribution in [-0.4, -0.2) is 39.3 Å². The molecule has 3 heterocycles. The summed E-state index contributed by atoms with van der Waals surface area (Å²) in [5.41, 5.74) is 0.994. The number of hydrogen-bond acceptors (Lipinski definition) is 6. The van der Waals surface area contributed by atoms with Gasteiger partial charge in [0.1, 0.15) is 0 Å². The van der Waals surface area contributed by atoms with Gasteiger partial charge in [0, 0.05) is 17.0 Å². The van der Waals surface area contributed by atoms with Gasteiger partial charge in [0.2, 0.25) is 11.7 Å². The fourth-order valence-corrected chi connectivity index (χ4v) is 3.22. The zero-order valence-electron chi connectivity index (χ0n) is 10.8. The third-order valence-electron chi connectivity index (χ3n) is 3.77. The average molecular weight is 279 g/mol. The molecular formula is C13H17N3O2S. The minimum absolute atomic E-state index is 0.187. The molecule has 2 unspecified atom stereocenters. The van der Waals surface area contributed by atoms with Crippen molar-refractivity contribution < 1.29 is 9.63 Å². The van der Waals surface area contributed by atoms with Crippen LogP contribution in [0.4, 0.5) is 0 Å². The summed E-state index contributed by atoms with van der Waals surface area (Å²) in [6.07, 6.45) is 1.11. The molecule has 1 fully saturated rings. The molecule has 2 aromatic heterocycles. The van der Waals surface area contributed by atoms with E-state index in [9.17, 15) is 5.11 Å². The Morgan fingerprint density at radius 3 is 3.21 bits per heavy atom. The van der Waals surface area contributed by atoms with Crippen LogP contribution in [0.5, 0.6) is 0 Å². The summed E-state index contributed by atoms with van der Waals surface area (Å²) in [5.74, 6) is 1.78. The van der Waals surface area contributed by atoms with E-state index in [1.165, 1.54) is 0 Å². The summed E-state index contributed by atoms with van der Waals surface area (Å²) < 4.78 is 5.30. The van der Waals surface area contributed by atoms with E-state index in [-0.39, 0.29) is 12.6 Å². The Morgan fingerprint density at radius 2 is 2.47 bits per heavy atom. The van der Waals surface area contributed by atoms with Gasteiger partial charge in [-0.05, 0) is 30.3 Å². The first kappa shape index (κ1) is 12.8. The summed E-state index contributed by atoms with van der Waals surface area (Å²) in [6.45, 7) is 3.95. The lowest BCUT2D eigenvalue weighted by molar-refractivity contribution is 0.123. The Labute approximate surface area is 115 Å². The van der Waals surface area contributed by atoms with Crippen molar-refractivity contribution in [1.29, 1.82) is 0 Å². The van der Waals surface area contributed by atoms with Gasteiger partial charge in [-0.3, -0.25) is 4.90 Å². The lowest BCUT2D eigenvalue weighted by atomic mass is 10.0. The van der Waals surface area contributed by atoms with Crippen LogP contribution < -0.4 is 0 Å². The Balaban J connectivity index is 1.71. The number of aliphatic hydroxyl groups is 1. The molecule has 102 valence electrons. The molecule has 1 N–H and O–H groups in total. The minimum atomic E-state index is 0.187. The molecule has 0 spiro atoms. The molecule has 1 aliphatic heterocycles. The Bertz CT molecular complexity index is 526. The van der Waals surface area contributed by atoms with Crippen molar-refractivity contribution >= 4 is 11.3 Å². The van der Waals surface area contributed by atoms with Crippen LogP contribution in [0, 0.1) is 5.92 Å². The Kier molecular flexibility index (Phi) is 3.63. The van der Waals surface area contributed by atoms with Gasteiger partial charge in [-0.2, -0.15) is 16.3 Å². The summed E-state index contributed by atoms with van der Waals surface area (Å²) in [4.78, 5) is 6.63. The van der Waals surface area contributed by atoms with E-state index >= 15 is 0 Å². The molecular weight excluding hydrogens is 262 g/mol. The molecule has 0 aromatic carbocycles. The molecule has 19 heavy (non-hydrogen) atoms. The second-order valence-electron chi connectivity index (χ2n) is 5.01. The molecule has 2 aromatic rings. The maximum Gasteiger partial charge on any atom is 0.241 e. The topological polar surface area (TPSA) is 62.4 Å². The SMILES string of the molecule is CC1CCN(Cc2nc(-c3ccsc3)no2)C1CO. The van der Waals surface area contributed by atoms with E-state index in [2.05, 4.69) is 22.0 Å². The quantitative estimate of drug-likeness (QED) is 0.927. The molecule has 3 rings (SSSR count). The second kappa shape index (κ2) is 5.40. The van der Waals surface area contributed by atoms with E-state index in [4.69, 9.17) is 4.52 Å². The number of hydrogen-bond donors (Lipinski definition) is 1. The van der Waals surface area contributed by atoms with Crippen LogP contribution >= 0.6 is 11.3 Å².